The Morgan fingerprint density at radius 3 is 2.43 bits per heavy atom. The summed E-state index contributed by atoms with van der Waals surface area (Å²) in [5, 5.41) is 1.46. The summed E-state index contributed by atoms with van der Waals surface area (Å²) in [5.74, 6) is 0.680. The predicted molar refractivity (Wildman–Crippen MR) is 168 cm³/mol. The quantitative estimate of drug-likeness (QED) is 0.241. The molecule has 2 aliphatic rings. The Hall–Kier alpha value is -2.95. The first kappa shape index (κ1) is 29.1. The Balaban J connectivity index is 1.41. The molecule has 1 atom stereocenters. The molecule has 42 heavy (non-hydrogen) atoms. The van der Waals surface area contributed by atoms with Gasteiger partial charge in [0.05, 0.1) is 35.1 Å². The number of ether oxygens (including phenoxy) is 2. The van der Waals surface area contributed by atoms with Crippen LogP contribution in [-0.2, 0) is 14.3 Å². The van der Waals surface area contributed by atoms with Gasteiger partial charge in [-0.25, -0.2) is 15.0 Å². The summed E-state index contributed by atoms with van der Waals surface area (Å²) in [5.41, 5.74) is 4.84. The van der Waals surface area contributed by atoms with Crippen LogP contribution in [0.1, 0.15) is 44.9 Å². The number of piperazine rings is 1. The highest BCUT2D eigenvalue weighted by Gasteiger charge is 2.32. The van der Waals surface area contributed by atoms with Crippen molar-refractivity contribution in [2.45, 2.75) is 52.4 Å². The number of thiazole rings is 1. The summed E-state index contributed by atoms with van der Waals surface area (Å²) in [6, 6.07) is 12.2. The van der Waals surface area contributed by atoms with Crippen molar-refractivity contribution in [1.82, 2.24) is 19.9 Å². The number of ketones is 1. The molecule has 8 nitrogen and oxygen atoms in total. The molecule has 4 heterocycles. The van der Waals surface area contributed by atoms with Crippen LogP contribution in [0.25, 0.3) is 32.0 Å². The van der Waals surface area contributed by atoms with Crippen LogP contribution < -0.4 is 4.90 Å². The first-order chi connectivity index (χ1) is 20.1. The van der Waals surface area contributed by atoms with Gasteiger partial charge in [0.1, 0.15) is 16.8 Å². The molecule has 0 spiro atoms. The number of hydrogen-bond donors (Lipinski definition) is 0. The van der Waals surface area contributed by atoms with E-state index in [1.165, 1.54) is 0 Å². The zero-order valence-corrected chi connectivity index (χ0v) is 26.3. The number of Topliss-reactive ketones (excluding diaryl/α,β-unsaturated/α-hetero) is 1. The van der Waals surface area contributed by atoms with Crippen molar-refractivity contribution >= 4 is 44.9 Å². The van der Waals surface area contributed by atoms with E-state index < -0.39 is 11.7 Å². The number of carbonyl (C=O) groups is 1. The largest absolute Gasteiger partial charge is 0.378 e. The molecule has 10 heteroatoms. The number of aryl methyl sites for hydroxylation is 1. The highest BCUT2D eigenvalue weighted by molar-refractivity contribution is 7.22. The van der Waals surface area contributed by atoms with Crippen molar-refractivity contribution in [2.24, 2.45) is 0 Å². The van der Waals surface area contributed by atoms with Crippen molar-refractivity contribution in [2.75, 3.05) is 44.3 Å². The standard InChI is InChI=1S/C32H36ClN5O3S/c1-19-16-25-29(27(21-6-8-22(33)9-7-21)26(19)28(20(2)39)41-32(3,4)5)42-30(35-25)24-10-11-34-31(36-24)38-14-12-37(13-15-38)23-17-40-18-23/h6-11,16,23,28H,12-15,17-18H2,1-5H3/t28-/m1/s1. The van der Waals surface area contributed by atoms with E-state index in [4.69, 9.17) is 31.0 Å². The average Bonchev–Trinajstić information content (AvgIpc) is 3.34. The summed E-state index contributed by atoms with van der Waals surface area (Å²) in [7, 11) is 0. The number of carbonyl (C=O) groups excluding carboxylic acids is 1. The molecule has 0 unspecified atom stereocenters. The van der Waals surface area contributed by atoms with Gasteiger partial charge in [0.15, 0.2) is 5.78 Å². The number of rotatable bonds is 7. The van der Waals surface area contributed by atoms with Crippen LogP contribution >= 0.6 is 22.9 Å². The van der Waals surface area contributed by atoms with Crippen LogP contribution in [0.5, 0.6) is 0 Å². The lowest BCUT2D eigenvalue weighted by atomic mass is 9.90. The number of fused-ring (bicyclic) bond motifs is 1. The van der Waals surface area contributed by atoms with Crippen molar-refractivity contribution in [3.05, 3.63) is 58.7 Å². The topological polar surface area (TPSA) is 80.7 Å². The van der Waals surface area contributed by atoms with Crippen LogP contribution in [0.2, 0.25) is 5.02 Å². The molecule has 2 fully saturated rings. The van der Waals surface area contributed by atoms with E-state index in [2.05, 4.69) is 20.9 Å². The second-order valence-corrected chi connectivity index (χ2v) is 13.5. The Kier molecular flexibility index (Phi) is 8.06. The van der Waals surface area contributed by atoms with E-state index in [0.717, 1.165) is 88.5 Å². The molecule has 0 aliphatic carbocycles. The maximum atomic E-state index is 13.1. The lowest BCUT2D eigenvalue weighted by Gasteiger charge is -2.42. The fraction of sp³-hybridized carbons (Fsp3) is 0.438. The molecule has 0 saturated carbocycles. The lowest BCUT2D eigenvalue weighted by Crippen LogP contribution is -2.56. The van der Waals surface area contributed by atoms with Gasteiger partial charge in [-0.1, -0.05) is 23.7 Å². The van der Waals surface area contributed by atoms with Crippen molar-refractivity contribution in [1.29, 1.82) is 0 Å². The third-order valence-corrected chi connectivity index (χ3v) is 9.12. The third-order valence-electron chi connectivity index (χ3n) is 7.76. The molecular weight excluding hydrogens is 570 g/mol. The van der Waals surface area contributed by atoms with E-state index in [0.29, 0.717) is 11.1 Å². The summed E-state index contributed by atoms with van der Waals surface area (Å²) >= 11 is 7.84. The Morgan fingerprint density at radius 1 is 1.10 bits per heavy atom. The lowest BCUT2D eigenvalue weighted by molar-refractivity contribution is -0.138. The molecule has 0 bridgehead atoms. The van der Waals surface area contributed by atoms with Crippen molar-refractivity contribution in [3.63, 3.8) is 0 Å². The molecule has 2 aliphatic heterocycles. The van der Waals surface area contributed by atoms with Gasteiger partial charge in [0, 0.05) is 48.5 Å². The summed E-state index contributed by atoms with van der Waals surface area (Å²) in [4.78, 5) is 32.4. The van der Waals surface area contributed by atoms with E-state index in [1.807, 2.05) is 64.2 Å². The van der Waals surface area contributed by atoms with Crippen molar-refractivity contribution < 1.29 is 14.3 Å². The van der Waals surface area contributed by atoms with Gasteiger partial charge in [0.25, 0.3) is 0 Å². The fourth-order valence-electron chi connectivity index (χ4n) is 5.60. The molecule has 220 valence electrons. The third kappa shape index (κ3) is 5.94. The molecule has 4 aromatic rings. The van der Waals surface area contributed by atoms with E-state index in [1.54, 1.807) is 18.3 Å². The van der Waals surface area contributed by atoms with Gasteiger partial charge >= 0.3 is 0 Å². The van der Waals surface area contributed by atoms with E-state index >= 15 is 0 Å². The minimum Gasteiger partial charge on any atom is -0.378 e. The first-order valence-electron chi connectivity index (χ1n) is 14.4. The summed E-state index contributed by atoms with van der Waals surface area (Å²) < 4.78 is 12.7. The van der Waals surface area contributed by atoms with Crippen LogP contribution in [-0.4, -0.2) is 76.7 Å². The number of nitrogens with zero attached hydrogens (tertiary/aromatic N) is 5. The van der Waals surface area contributed by atoms with E-state index in [9.17, 15) is 4.79 Å². The van der Waals surface area contributed by atoms with Crippen LogP contribution in [0.15, 0.2) is 42.6 Å². The number of anilines is 1. The monoisotopic (exact) mass is 605 g/mol. The SMILES string of the molecule is CC(=O)[C@@H](OC(C)(C)C)c1c(C)cc2nc(-c3ccnc(N4CCN(C5COC5)CC4)n3)sc2c1-c1ccc(Cl)cc1. The van der Waals surface area contributed by atoms with Crippen LogP contribution in [0.4, 0.5) is 5.95 Å². The number of aromatic nitrogens is 3. The molecule has 2 aromatic carbocycles. The van der Waals surface area contributed by atoms with Gasteiger partial charge in [-0.15, -0.1) is 11.3 Å². The minimum atomic E-state index is -0.721. The number of benzene rings is 2. The molecule has 0 radical (unpaired) electrons. The van der Waals surface area contributed by atoms with Crippen LogP contribution in [0, 0.1) is 6.92 Å². The number of hydrogen-bond acceptors (Lipinski definition) is 9. The van der Waals surface area contributed by atoms with Crippen LogP contribution in [0.3, 0.4) is 0 Å². The summed E-state index contributed by atoms with van der Waals surface area (Å²) in [6.45, 7) is 14.9. The van der Waals surface area contributed by atoms with Gasteiger partial charge < -0.3 is 14.4 Å². The Morgan fingerprint density at radius 2 is 1.81 bits per heavy atom. The normalized spacial score (nSPS) is 17.4. The highest BCUT2D eigenvalue weighted by Crippen LogP contribution is 2.44. The predicted octanol–water partition coefficient (Wildman–Crippen LogP) is 6.35. The molecular formula is C32H36ClN5O3S. The maximum Gasteiger partial charge on any atom is 0.226 e. The Labute approximate surface area is 255 Å². The van der Waals surface area contributed by atoms with E-state index in [-0.39, 0.29) is 5.78 Å². The van der Waals surface area contributed by atoms with Crippen molar-refractivity contribution in [3.8, 4) is 21.8 Å². The molecule has 2 aromatic heterocycles. The molecule has 0 N–H and O–H groups in total. The second kappa shape index (κ2) is 11.6. The first-order valence-corrected chi connectivity index (χ1v) is 15.6. The highest BCUT2D eigenvalue weighted by atomic mass is 35.5. The molecule has 6 rings (SSSR count). The second-order valence-electron chi connectivity index (χ2n) is 12.0. The van der Waals surface area contributed by atoms with Gasteiger partial charge in [0.2, 0.25) is 5.95 Å². The fourth-order valence-corrected chi connectivity index (χ4v) is 6.82. The summed E-state index contributed by atoms with van der Waals surface area (Å²) in [6.07, 6.45) is 1.09. The molecule has 2 saturated heterocycles. The zero-order chi connectivity index (χ0) is 29.6. The Bertz CT molecular complexity index is 1610. The average molecular weight is 606 g/mol. The van der Waals surface area contributed by atoms with Gasteiger partial charge in [-0.2, -0.15) is 0 Å². The van der Waals surface area contributed by atoms with Gasteiger partial charge in [-0.05, 0) is 70.0 Å². The zero-order valence-electron chi connectivity index (χ0n) is 24.7. The minimum absolute atomic E-state index is 0.0438. The molecule has 0 amide bonds. The smallest absolute Gasteiger partial charge is 0.226 e. The maximum absolute atomic E-state index is 13.1. The van der Waals surface area contributed by atoms with Gasteiger partial charge in [-0.3, -0.25) is 9.69 Å². The number of halogens is 1.